The first kappa shape index (κ1) is 17.0. The number of carbonyl (C=O) groups is 1. The molecule has 1 amide bonds. The Morgan fingerprint density at radius 1 is 1.33 bits per heavy atom. The number of thiophene rings is 1. The number of hydrogen-bond donors (Lipinski definition) is 0. The van der Waals surface area contributed by atoms with E-state index in [9.17, 15) is 4.79 Å². The smallest absolute Gasteiger partial charge is 0.252 e. The third-order valence-corrected chi connectivity index (χ3v) is 5.02. The topological polar surface area (TPSA) is 38.8 Å². The second-order valence-electron chi connectivity index (χ2n) is 6.08. The molecule has 1 heterocycles. The van der Waals surface area contributed by atoms with Gasteiger partial charge in [0.25, 0.3) is 5.91 Å². The Morgan fingerprint density at radius 3 is 2.83 bits per heavy atom. The van der Waals surface area contributed by atoms with Gasteiger partial charge in [-0.3, -0.25) is 4.79 Å². The van der Waals surface area contributed by atoms with Crippen molar-refractivity contribution in [3.05, 3.63) is 52.2 Å². The SMILES string of the molecule is COc1cccc(CO[C@@H](C)C(=O)N(Cc2cccs2)C2CC2)c1. The van der Waals surface area contributed by atoms with Gasteiger partial charge in [0, 0.05) is 10.9 Å². The minimum atomic E-state index is -0.447. The summed E-state index contributed by atoms with van der Waals surface area (Å²) in [5.41, 5.74) is 1.00. The summed E-state index contributed by atoms with van der Waals surface area (Å²) in [6, 6.07) is 12.2. The average Bonchev–Trinajstić information content (AvgIpc) is 3.33. The molecule has 1 fully saturated rings. The van der Waals surface area contributed by atoms with Gasteiger partial charge in [0.2, 0.25) is 0 Å². The molecule has 2 aromatic rings. The Morgan fingerprint density at radius 2 is 2.17 bits per heavy atom. The Kier molecular flexibility index (Phi) is 5.53. The Labute approximate surface area is 147 Å². The van der Waals surface area contributed by atoms with E-state index in [1.165, 1.54) is 4.88 Å². The van der Waals surface area contributed by atoms with Crippen molar-refractivity contribution in [2.45, 2.75) is 45.1 Å². The number of nitrogens with zero attached hydrogens (tertiary/aromatic N) is 1. The molecule has 0 saturated heterocycles. The van der Waals surface area contributed by atoms with Crippen LogP contribution in [0.5, 0.6) is 5.75 Å². The summed E-state index contributed by atoms with van der Waals surface area (Å²) in [6.07, 6.45) is 1.75. The maximum Gasteiger partial charge on any atom is 0.252 e. The van der Waals surface area contributed by atoms with Crippen LogP contribution in [0.25, 0.3) is 0 Å². The fraction of sp³-hybridized carbons (Fsp3) is 0.421. The first-order chi connectivity index (χ1) is 11.7. The van der Waals surface area contributed by atoms with Crippen molar-refractivity contribution in [2.24, 2.45) is 0 Å². The van der Waals surface area contributed by atoms with Crippen molar-refractivity contribution in [2.75, 3.05) is 7.11 Å². The van der Waals surface area contributed by atoms with E-state index in [1.807, 2.05) is 47.5 Å². The van der Waals surface area contributed by atoms with Gasteiger partial charge < -0.3 is 14.4 Å². The summed E-state index contributed by atoms with van der Waals surface area (Å²) in [7, 11) is 1.64. The van der Waals surface area contributed by atoms with Gasteiger partial charge in [0.15, 0.2) is 0 Å². The number of methoxy groups -OCH3 is 1. The van der Waals surface area contributed by atoms with Crippen LogP contribution in [-0.4, -0.2) is 30.1 Å². The second kappa shape index (κ2) is 7.81. The quantitative estimate of drug-likeness (QED) is 0.729. The molecule has 1 aliphatic carbocycles. The average molecular weight is 345 g/mol. The van der Waals surface area contributed by atoms with E-state index < -0.39 is 6.10 Å². The van der Waals surface area contributed by atoms with Crippen molar-refractivity contribution in [3.63, 3.8) is 0 Å². The Hall–Kier alpha value is -1.85. The highest BCUT2D eigenvalue weighted by Crippen LogP contribution is 2.30. The summed E-state index contributed by atoms with van der Waals surface area (Å²) >= 11 is 1.69. The van der Waals surface area contributed by atoms with E-state index in [4.69, 9.17) is 9.47 Å². The monoisotopic (exact) mass is 345 g/mol. The fourth-order valence-corrected chi connectivity index (χ4v) is 3.33. The number of carbonyl (C=O) groups excluding carboxylic acids is 1. The molecule has 128 valence electrons. The van der Waals surface area contributed by atoms with Crippen molar-refractivity contribution < 1.29 is 14.3 Å². The molecule has 1 atom stereocenters. The minimum Gasteiger partial charge on any atom is -0.497 e. The van der Waals surface area contributed by atoms with E-state index in [0.29, 0.717) is 19.2 Å². The Bertz CT molecular complexity index is 667. The van der Waals surface area contributed by atoms with Gasteiger partial charge in [-0.05, 0) is 48.9 Å². The molecule has 1 aromatic heterocycles. The van der Waals surface area contributed by atoms with Crippen LogP contribution in [0.3, 0.4) is 0 Å². The maximum absolute atomic E-state index is 12.8. The summed E-state index contributed by atoms with van der Waals surface area (Å²) < 4.78 is 11.0. The molecule has 1 saturated carbocycles. The van der Waals surface area contributed by atoms with E-state index in [0.717, 1.165) is 24.2 Å². The number of amides is 1. The van der Waals surface area contributed by atoms with E-state index in [-0.39, 0.29) is 5.91 Å². The summed E-state index contributed by atoms with van der Waals surface area (Å²) in [6.45, 7) is 2.93. The third-order valence-electron chi connectivity index (χ3n) is 4.16. The number of ether oxygens (including phenoxy) is 2. The molecule has 4 nitrogen and oxygen atoms in total. The van der Waals surface area contributed by atoms with Gasteiger partial charge in [-0.2, -0.15) is 0 Å². The molecule has 0 spiro atoms. The largest absolute Gasteiger partial charge is 0.497 e. The van der Waals surface area contributed by atoms with Crippen molar-refractivity contribution in [3.8, 4) is 5.75 Å². The lowest BCUT2D eigenvalue weighted by Crippen LogP contribution is -2.39. The molecule has 0 unspecified atom stereocenters. The predicted octanol–water partition coefficient (Wildman–Crippen LogP) is 3.85. The van der Waals surface area contributed by atoms with Crippen LogP contribution in [0, 0.1) is 0 Å². The maximum atomic E-state index is 12.8. The molecular formula is C19H23NO3S. The van der Waals surface area contributed by atoms with Gasteiger partial charge in [0.1, 0.15) is 11.9 Å². The molecular weight excluding hydrogens is 322 g/mol. The summed E-state index contributed by atoms with van der Waals surface area (Å²) in [5.74, 6) is 0.876. The standard InChI is InChI=1S/C19H23NO3S/c1-14(23-13-15-5-3-6-17(11-15)22-2)19(21)20(16-8-9-16)12-18-7-4-10-24-18/h3-7,10-11,14,16H,8-9,12-13H2,1-2H3/t14-/m0/s1. The second-order valence-corrected chi connectivity index (χ2v) is 7.11. The molecule has 3 rings (SSSR count). The third kappa shape index (κ3) is 4.36. The highest BCUT2D eigenvalue weighted by atomic mass is 32.1. The molecule has 1 aromatic carbocycles. The number of rotatable bonds is 8. The molecule has 0 aliphatic heterocycles. The summed E-state index contributed by atoms with van der Waals surface area (Å²) in [5, 5.41) is 2.05. The zero-order valence-electron chi connectivity index (χ0n) is 14.1. The van der Waals surface area contributed by atoms with Crippen molar-refractivity contribution >= 4 is 17.2 Å². The van der Waals surface area contributed by atoms with Crippen LogP contribution in [0.15, 0.2) is 41.8 Å². The predicted molar refractivity (Wildman–Crippen MR) is 95.1 cm³/mol. The van der Waals surface area contributed by atoms with Crippen LogP contribution in [0.4, 0.5) is 0 Å². The molecule has 24 heavy (non-hydrogen) atoms. The molecule has 0 radical (unpaired) electrons. The highest BCUT2D eigenvalue weighted by Gasteiger charge is 2.35. The van der Waals surface area contributed by atoms with Gasteiger partial charge in [-0.1, -0.05) is 18.2 Å². The van der Waals surface area contributed by atoms with Gasteiger partial charge in [-0.25, -0.2) is 0 Å². The first-order valence-electron chi connectivity index (χ1n) is 8.25. The van der Waals surface area contributed by atoms with E-state index in [1.54, 1.807) is 18.4 Å². The van der Waals surface area contributed by atoms with Gasteiger partial charge >= 0.3 is 0 Å². The molecule has 0 N–H and O–H groups in total. The van der Waals surface area contributed by atoms with Gasteiger partial charge in [-0.15, -0.1) is 11.3 Å². The lowest BCUT2D eigenvalue weighted by molar-refractivity contribution is -0.144. The van der Waals surface area contributed by atoms with Crippen molar-refractivity contribution in [1.82, 2.24) is 4.90 Å². The van der Waals surface area contributed by atoms with Crippen LogP contribution in [0.1, 0.15) is 30.2 Å². The fourth-order valence-electron chi connectivity index (χ4n) is 2.63. The zero-order valence-corrected chi connectivity index (χ0v) is 14.9. The van der Waals surface area contributed by atoms with Crippen LogP contribution < -0.4 is 4.74 Å². The molecule has 5 heteroatoms. The normalized spacial score (nSPS) is 15.1. The van der Waals surface area contributed by atoms with Crippen molar-refractivity contribution in [1.29, 1.82) is 0 Å². The molecule has 1 aliphatic rings. The van der Waals surface area contributed by atoms with Crippen LogP contribution in [0.2, 0.25) is 0 Å². The minimum absolute atomic E-state index is 0.0776. The Balaban J connectivity index is 1.58. The molecule has 0 bridgehead atoms. The zero-order chi connectivity index (χ0) is 16.9. The van der Waals surface area contributed by atoms with E-state index in [2.05, 4.69) is 6.07 Å². The summed E-state index contributed by atoms with van der Waals surface area (Å²) in [4.78, 5) is 16.0. The highest BCUT2D eigenvalue weighted by molar-refractivity contribution is 7.09. The first-order valence-corrected chi connectivity index (χ1v) is 9.12. The van der Waals surface area contributed by atoms with Gasteiger partial charge in [0.05, 0.1) is 20.3 Å². The lowest BCUT2D eigenvalue weighted by Gasteiger charge is -2.25. The van der Waals surface area contributed by atoms with Crippen LogP contribution in [-0.2, 0) is 22.7 Å². The van der Waals surface area contributed by atoms with Crippen LogP contribution >= 0.6 is 11.3 Å². The number of benzene rings is 1. The lowest BCUT2D eigenvalue weighted by atomic mass is 10.2. The van der Waals surface area contributed by atoms with E-state index >= 15 is 0 Å². The number of hydrogen-bond acceptors (Lipinski definition) is 4.